The van der Waals surface area contributed by atoms with Crippen LogP contribution in [0.3, 0.4) is 0 Å². The van der Waals surface area contributed by atoms with Crippen molar-refractivity contribution in [2.24, 2.45) is 0 Å². The van der Waals surface area contributed by atoms with Gasteiger partial charge in [0, 0.05) is 25.5 Å². The molecule has 8 nitrogen and oxygen atoms in total. The molecule has 118 valence electrons. The second-order valence-electron chi connectivity index (χ2n) is 5.02. The number of carbonyl (C=O) groups is 2. The number of hydrogen-bond donors (Lipinski definition) is 3. The molecule has 0 saturated carbocycles. The maximum atomic E-state index is 12.2. The lowest BCUT2D eigenvalue weighted by molar-refractivity contribution is 0.0912. The molecule has 23 heavy (non-hydrogen) atoms. The molecule has 2 aromatic heterocycles. The summed E-state index contributed by atoms with van der Waals surface area (Å²) in [6.45, 7) is 0.890. The van der Waals surface area contributed by atoms with Crippen molar-refractivity contribution in [1.29, 1.82) is 0 Å². The molecule has 3 rings (SSSR count). The molecule has 0 saturated heterocycles. The van der Waals surface area contributed by atoms with E-state index in [1.54, 1.807) is 24.4 Å². The highest BCUT2D eigenvalue weighted by molar-refractivity contribution is 5.98. The topological polar surface area (TPSA) is 113 Å². The zero-order valence-electron chi connectivity index (χ0n) is 12.1. The minimum Gasteiger partial charge on any atom is -0.503 e. The molecular formula is C15H14N4O4. The predicted molar refractivity (Wildman–Crippen MR) is 80.1 cm³/mol. The summed E-state index contributed by atoms with van der Waals surface area (Å²) in [5, 5.41) is 15.1. The summed E-state index contributed by atoms with van der Waals surface area (Å²) in [6, 6.07) is 5.28. The molecule has 0 unspecified atom stereocenters. The minimum absolute atomic E-state index is 0.123. The lowest BCUT2D eigenvalue weighted by atomic mass is 10.1. The summed E-state index contributed by atoms with van der Waals surface area (Å²) in [7, 11) is 0. The van der Waals surface area contributed by atoms with Gasteiger partial charge in [0.25, 0.3) is 11.8 Å². The van der Waals surface area contributed by atoms with E-state index in [0.29, 0.717) is 18.8 Å². The molecule has 0 fully saturated rings. The van der Waals surface area contributed by atoms with Crippen LogP contribution in [0, 0.1) is 0 Å². The van der Waals surface area contributed by atoms with Gasteiger partial charge in [0.1, 0.15) is 5.56 Å². The molecule has 3 N–H and O–H groups in total. The van der Waals surface area contributed by atoms with E-state index in [-0.39, 0.29) is 17.8 Å². The van der Waals surface area contributed by atoms with Crippen LogP contribution in [0.4, 0.5) is 0 Å². The molecule has 0 aliphatic carbocycles. The summed E-state index contributed by atoms with van der Waals surface area (Å²) >= 11 is 0. The first kappa shape index (κ1) is 14.8. The first-order chi connectivity index (χ1) is 11.1. The number of aromatic nitrogens is 2. The number of fused-ring (bicyclic) bond motifs is 1. The Morgan fingerprint density at radius 2 is 2.22 bits per heavy atom. The van der Waals surface area contributed by atoms with Crippen molar-refractivity contribution in [3.8, 4) is 5.75 Å². The van der Waals surface area contributed by atoms with Crippen molar-refractivity contribution in [2.45, 2.75) is 13.1 Å². The van der Waals surface area contributed by atoms with E-state index in [4.69, 9.17) is 0 Å². The fourth-order valence-electron chi connectivity index (χ4n) is 2.37. The fourth-order valence-corrected chi connectivity index (χ4v) is 2.37. The molecule has 8 heteroatoms. The fraction of sp³-hybridized carbons (Fsp3) is 0.200. The number of aromatic hydroxyl groups is 1. The van der Waals surface area contributed by atoms with Crippen LogP contribution in [-0.2, 0) is 13.1 Å². The van der Waals surface area contributed by atoms with Crippen molar-refractivity contribution < 1.29 is 14.7 Å². The van der Waals surface area contributed by atoms with Gasteiger partial charge in [-0.1, -0.05) is 6.07 Å². The lowest BCUT2D eigenvalue weighted by Gasteiger charge is -2.20. The third-order valence-corrected chi connectivity index (χ3v) is 3.51. The van der Waals surface area contributed by atoms with E-state index in [1.165, 1.54) is 10.8 Å². The molecule has 1 aliphatic rings. The van der Waals surface area contributed by atoms with Crippen LogP contribution in [-0.4, -0.2) is 33.0 Å². The second kappa shape index (κ2) is 5.91. The number of hydrogen-bond acceptors (Lipinski definition) is 5. The van der Waals surface area contributed by atoms with Crippen molar-refractivity contribution in [1.82, 2.24) is 20.2 Å². The van der Waals surface area contributed by atoms with E-state index >= 15 is 0 Å². The summed E-state index contributed by atoms with van der Waals surface area (Å²) in [6.07, 6.45) is 2.89. The Labute approximate surface area is 130 Å². The Balaban J connectivity index is 1.88. The Bertz CT molecular complexity index is 829. The summed E-state index contributed by atoms with van der Waals surface area (Å²) in [5.74, 6) is -1.88. The van der Waals surface area contributed by atoms with Crippen LogP contribution in [0.25, 0.3) is 0 Å². The monoisotopic (exact) mass is 314 g/mol. The van der Waals surface area contributed by atoms with Crippen LogP contribution in [0.15, 0.2) is 35.4 Å². The van der Waals surface area contributed by atoms with Crippen molar-refractivity contribution >= 4 is 11.8 Å². The molecule has 1 aliphatic heterocycles. The Hall–Kier alpha value is -3.16. The molecule has 3 heterocycles. The molecular weight excluding hydrogens is 300 g/mol. The van der Waals surface area contributed by atoms with Gasteiger partial charge in [0.15, 0.2) is 11.4 Å². The predicted octanol–water partition coefficient (Wildman–Crippen LogP) is -0.378. The van der Waals surface area contributed by atoms with Crippen LogP contribution >= 0.6 is 0 Å². The number of nitrogens with one attached hydrogen (secondary N) is 2. The minimum atomic E-state index is -0.869. The zero-order chi connectivity index (χ0) is 16.4. The first-order valence-electron chi connectivity index (χ1n) is 7.00. The summed E-state index contributed by atoms with van der Waals surface area (Å²) < 4.78 is 1.41. The van der Waals surface area contributed by atoms with Gasteiger partial charge in [0.05, 0.1) is 12.2 Å². The molecule has 2 aromatic rings. The summed E-state index contributed by atoms with van der Waals surface area (Å²) in [4.78, 5) is 40.1. The average Bonchev–Trinajstić information content (AvgIpc) is 2.56. The van der Waals surface area contributed by atoms with Crippen molar-refractivity contribution in [3.63, 3.8) is 0 Å². The largest absolute Gasteiger partial charge is 0.503 e. The van der Waals surface area contributed by atoms with E-state index in [1.807, 2.05) is 0 Å². The highest BCUT2D eigenvalue weighted by atomic mass is 16.3. The molecule has 0 radical (unpaired) electrons. The average molecular weight is 314 g/mol. The van der Waals surface area contributed by atoms with Crippen LogP contribution in [0.5, 0.6) is 5.75 Å². The van der Waals surface area contributed by atoms with Gasteiger partial charge >= 0.3 is 0 Å². The molecule has 0 bridgehead atoms. The maximum absolute atomic E-state index is 12.2. The third kappa shape index (κ3) is 2.78. The van der Waals surface area contributed by atoms with Crippen LogP contribution in [0.1, 0.15) is 26.5 Å². The molecule has 0 spiro atoms. The lowest BCUT2D eigenvalue weighted by Crippen LogP contribution is -2.39. The van der Waals surface area contributed by atoms with Crippen molar-refractivity contribution in [2.75, 3.05) is 6.54 Å². The van der Waals surface area contributed by atoms with Crippen molar-refractivity contribution in [3.05, 3.63) is 57.8 Å². The Morgan fingerprint density at radius 3 is 2.96 bits per heavy atom. The SMILES string of the molecule is O=C(NCc1ccccn1)c1cn2c(c(O)c1=O)C(=O)NCC2. The van der Waals surface area contributed by atoms with E-state index in [0.717, 1.165) is 0 Å². The Morgan fingerprint density at radius 1 is 1.39 bits per heavy atom. The van der Waals surface area contributed by atoms with Gasteiger partial charge in [-0.3, -0.25) is 19.4 Å². The first-order valence-corrected chi connectivity index (χ1v) is 7.00. The smallest absolute Gasteiger partial charge is 0.271 e. The van der Waals surface area contributed by atoms with Gasteiger partial charge in [-0.25, -0.2) is 0 Å². The Kier molecular flexibility index (Phi) is 3.80. The number of carbonyl (C=O) groups excluding carboxylic acids is 2. The standard InChI is InChI=1S/C15H14N4O4/c20-12-10(14(22)18-7-9-3-1-2-4-16-9)8-19-6-5-17-15(23)11(19)13(12)21/h1-4,8,21H,5-7H2,(H,17,23)(H,18,22). The molecule has 0 aromatic carbocycles. The number of pyridine rings is 2. The van der Waals surface area contributed by atoms with Gasteiger partial charge in [0.2, 0.25) is 5.43 Å². The highest BCUT2D eigenvalue weighted by Gasteiger charge is 2.25. The number of rotatable bonds is 3. The van der Waals surface area contributed by atoms with E-state index < -0.39 is 23.0 Å². The molecule has 0 atom stereocenters. The highest BCUT2D eigenvalue weighted by Crippen LogP contribution is 2.16. The normalized spacial score (nSPS) is 13.1. The van der Waals surface area contributed by atoms with E-state index in [2.05, 4.69) is 15.6 Å². The number of amides is 2. The quantitative estimate of drug-likeness (QED) is 0.715. The zero-order valence-corrected chi connectivity index (χ0v) is 12.1. The maximum Gasteiger partial charge on any atom is 0.271 e. The third-order valence-electron chi connectivity index (χ3n) is 3.51. The van der Waals surface area contributed by atoms with Gasteiger partial charge in [-0.15, -0.1) is 0 Å². The van der Waals surface area contributed by atoms with Crippen LogP contribution < -0.4 is 16.1 Å². The van der Waals surface area contributed by atoms with Gasteiger partial charge in [-0.2, -0.15) is 0 Å². The number of nitrogens with zero attached hydrogens (tertiary/aromatic N) is 2. The van der Waals surface area contributed by atoms with Gasteiger partial charge < -0.3 is 20.3 Å². The summed E-state index contributed by atoms with van der Waals surface area (Å²) in [5.41, 5.74) is -0.561. The van der Waals surface area contributed by atoms with Crippen LogP contribution in [0.2, 0.25) is 0 Å². The van der Waals surface area contributed by atoms with Gasteiger partial charge in [-0.05, 0) is 12.1 Å². The second-order valence-corrected chi connectivity index (χ2v) is 5.02. The van der Waals surface area contributed by atoms with E-state index in [9.17, 15) is 19.5 Å². The molecule has 2 amide bonds.